The molecule has 0 fully saturated rings. The highest BCUT2D eigenvalue weighted by atomic mass is 19.1. The minimum atomic E-state index is -1.10. The van der Waals surface area contributed by atoms with E-state index in [1.807, 2.05) is 0 Å². The lowest BCUT2D eigenvalue weighted by atomic mass is 10.0. The largest absolute Gasteiger partial charge is 0.394 e. The maximum absolute atomic E-state index is 12.9. The molecule has 2 atom stereocenters. The second-order valence-electron chi connectivity index (χ2n) is 3.20. The second-order valence-corrected chi connectivity index (χ2v) is 3.20. The molecule has 3 nitrogen and oxygen atoms in total. The first-order valence-electron chi connectivity index (χ1n) is 4.11. The highest BCUT2D eigenvalue weighted by Gasteiger charge is 2.16. The van der Waals surface area contributed by atoms with Crippen LogP contribution in [0.2, 0.25) is 0 Å². The maximum atomic E-state index is 12.9. The van der Waals surface area contributed by atoms with Crippen molar-refractivity contribution in [2.45, 2.75) is 19.1 Å². The van der Waals surface area contributed by atoms with Gasteiger partial charge in [0.1, 0.15) is 17.3 Å². The van der Waals surface area contributed by atoms with E-state index in [0.717, 1.165) is 12.1 Å². The first-order valence-corrected chi connectivity index (χ1v) is 4.11. The topological polar surface area (TPSA) is 72.3 Å². The van der Waals surface area contributed by atoms with Crippen LogP contribution >= 0.6 is 0 Å². The van der Waals surface area contributed by atoms with Crippen LogP contribution in [0.1, 0.15) is 18.6 Å². The zero-order valence-electron chi connectivity index (χ0n) is 7.67. The van der Waals surface area contributed by atoms with Crippen molar-refractivity contribution in [3.63, 3.8) is 0 Å². The summed E-state index contributed by atoms with van der Waals surface area (Å²) in [7, 11) is 0. The Labute approximate surface area is 80.3 Å². The molecular formula is C9H12F2N2O. The first-order chi connectivity index (χ1) is 6.43. The van der Waals surface area contributed by atoms with Crippen LogP contribution in [0.25, 0.3) is 0 Å². The zero-order valence-corrected chi connectivity index (χ0v) is 7.67. The molecule has 0 spiro atoms. The van der Waals surface area contributed by atoms with E-state index >= 15 is 0 Å². The summed E-state index contributed by atoms with van der Waals surface area (Å²) in [5, 5.41) is 9.44. The number of benzene rings is 1. The van der Waals surface area contributed by atoms with Crippen molar-refractivity contribution in [1.29, 1.82) is 0 Å². The van der Waals surface area contributed by atoms with Crippen LogP contribution < -0.4 is 11.5 Å². The van der Waals surface area contributed by atoms with E-state index in [1.165, 1.54) is 6.92 Å². The third-order valence-electron chi connectivity index (χ3n) is 1.94. The summed E-state index contributed by atoms with van der Waals surface area (Å²) in [6, 6.07) is 1.36. The quantitative estimate of drug-likeness (QED) is 0.624. The van der Waals surface area contributed by atoms with Crippen molar-refractivity contribution in [3.05, 3.63) is 29.3 Å². The number of nitrogen functional groups attached to an aromatic ring is 1. The van der Waals surface area contributed by atoms with Gasteiger partial charge in [0.05, 0.1) is 6.10 Å². The van der Waals surface area contributed by atoms with Gasteiger partial charge in [-0.05, 0) is 24.6 Å². The van der Waals surface area contributed by atoms with Gasteiger partial charge in [-0.3, -0.25) is 0 Å². The summed E-state index contributed by atoms with van der Waals surface area (Å²) in [6.07, 6.45) is -1.10. The van der Waals surface area contributed by atoms with E-state index in [9.17, 15) is 13.9 Å². The van der Waals surface area contributed by atoms with E-state index in [1.54, 1.807) is 0 Å². The first kappa shape index (κ1) is 10.9. The molecule has 0 heterocycles. The molecule has 0 radical (unpaired) electrons. The van der Waals surface area contributed by atoms with Crippen molar-refractivity contribution in [2.75, 3.05) is 5.73 Å². The van der Waals surface area contributed by atoms with Crippen LogP contribution in [0.3, 0.4) is 0 Å². The Balaban J connectivity index is 3.12. The zero-order chi connectivity index (χ0) is 10.9. The lowest BCUT2D eigenvalue weighted by molar-refractivity contribution is 0.152. The Bertz CT molecular complexity index is 319. The number of rotatable bonds is 2. The molecule has 1 rings (SSSR count). The number of halogens is 2. The minimum Gasteiger partial charge on any atom is -0.394 e. The molecule has 78 valence electrons. The van der Waals surface area contributed by atoms with Crippen LogP contribution in [0, 0.1) is 11.6 Å². The molecule has 0 aromatic heterocycles. The average molecular weight is 202 g/mol. The summed E-state index contributed by atoms with van der Waals surface area (Å²) in [4.78, 5) is 0. The summed E-state index contributed by atoms with van der Waals surface area (Å²) >= 11 is 0. The van der Waals surface area contributed by atoms with Gasteiger partial charge in [-0.1, -0.05) is 0 Å². The van der Waals surface area contributed by atoms with Crippen LogP contribution in [0.5, 0.6) is 0 Å². The van der Waals surface area contributed by atoms with Crippen LogP contribution in [-0.2, 0) is 0 Å². The highest BCUT2D eigenvalue weighted by molar-refractivity contribution is 5.43. The fourth-order valence-electron chi connectivity index (χ4n) is 1.08. The lowest BCUT2D eigenvalue weighted by Crippen LogP contribution is -2.24. The standard InChI is InChI=1S/C9H12F2N2O/c1-4(12)9(14)5-2-6(10)8(13)7(11)3-5/h2-4,9,14H,12-13H2,1H3/t4-,9+/m1/s1. The highest BCUT2D eigenvalue weighted by Crippen LogP contribution is 2.22. The Morgan fingerprint density at radius 2 is 1.71 bits per heavy atom. The molecule has 0 unspecified atom stereocenters. The molecule has 0 aliphatic heterocycles. The van der Waals surface area contributed by atoms with E-state index in [0.29, 0.717) is 0 Å². The Hall–Kier alpha value is -1.20. The van der Waals surface area contributed by atoms with Crippen LogP contribution in [0.15, 0.2) is 12.1 Å². The van der Waals surface area contributed by atoms with Crippen molar-refractivity contribution < 1.29 is 13.9 Å². The molecule has 0 saturated carbocycles. The number of nitrogens with two attached hydrogens (primary N) is 2. The van der Waals surface area contributed by atoms with Gasteiger partial charge in [0, 0.05) is 6.04 Å². The molecule has 14 heavy (non-hydrogen) atoms. The van der Waals surface area contributed by atoms with Gasteiger partial charge < -0.3 is 16.6 Å². The van der Waals surface area contributed by atoms with Gasteiger partial charge in [-0.15, -0.1) is 0 Å². The van der Waals surface area contributed by atoms with Gasteiger partial charge in [-0.2, -0.15) is 0 Å². The number of hydrogen-bond acceptors (Lipinski definition) is 3. The molecule has 0 amide bonds. The predicted molar refractivity (Wildman–Crippen MR) is 49.4 cm³/mol. The monoisotopic (exact) mass is 202 g/mol. The lowest BCUT2D eigenvalue weighted by Gasteiger charge is -2.15. The third-order valence-corrected chi connectivity index (χ3v) is 1.94. The minimum absolute atomic E-state index is 0.0872. The molecule has 0 bridgehead atoms. The molecule has 5 heteroatoms. The van der Waals surface area contributed by atoms with Gasteiger partial charge >= 0.3 is 0 Å². The normalized spacial score (nSPS) is 15.2. The smallest absolute Gasteiger partial charge is 0.149 e. The number of aliphatic hydroxyl groups is 1. The second kappa shape index (κ2) is 3.89. The fraction of sp³-hybridized carbons (Fsp3) is 0.333. The summed E-state index contributed by atoms with van der Waals surface area (Å²) < 4.78 is 25.9. The Morgan fingerprint density at radius 1 is 1.29 bits per heavy atom. The molecular weight excluding hydrogens is 190 g/mol. The van der Waals surface area contributed by atoms with Gasteiger partial charge in [0.15, 0.2) is 0 Å². The van der Waals surface area contributed by atoms with Crippen LogP contribution in [0.4, 0.5) is 14.5 Å². The predicted octanol–water partition coefficient (Wildman–Crippen LogP) is 0.928. The number of anilines is 1. The summed E-state index contributed by atoms with van der Waals surface area (Å²) in [6.45, 7) is 1.54. The fourth-order valence-corrected chi connectivity index (χ4v) is 1.08. The van der Waals surface area contributed by atoms with Crippen molar-refractivity contribution in [3.8, 4) is 0 Å². The molecule has 1 aromatic rings. The molecule has 0 saturated heterocycles. The molecule has 0 aliphatic carbocycles. The molecule has 5 N–H and O–H groups in total. The Morgan fingerprint density at radius 3 is 2.07 bits per heavy atom. The van der Waals surface area contributed by atoms with E-state index in [-0.39, 0.29) is 5.56 Å². The van der Waals surface area contributed by atoms with Gasteiger partial charge in [-0.25, -0.2) is 8.78 Å². The van der Waals surface area contributed by atoms with Crippen molar-refractivity contribution >= 4 is 5.69 Å². The van der Waals surface area contributed by atoms with E-state index < -0.39 is 29.5 Å². The average Bonchev–Trinajstić information content (AvgIpc) is 2.12. The summed E-state index contributed by atoms with van der Waals surface area (Å²) in [5.74, 6) is -1.78. The number of aliphatic hydroxyl groups excluding tert-OH is 1. The maximum Gasteiger partial charge on any atom is 0.149 e. The number of hydrogen-bond donors (Lipinski definition) is 3. The van der Waals surface area contributed by atoms with Gasteiger partial charge in [0.25, 0.3) is 0 Å². The molecule has 0 aliphatic rings. The van der Waals surface area contributed by atoms with Crippen LogP contribution in [-0.4, -0.2) is 11.1 Å². The molecule has 1 aromatic carbocycles. The third kappa shape index (κ3) is 2.00. The van der Waals surface area contributed by atoms with Crippen molar-refractivity contribution in [1.82, 2.24) is 0 Å². The summed E-state index contributed by atoms with van der Waals surface area (Å²) in [5.41, 5.74) is 9.98. The Kier molecular flexibility index (Phi) is 3.03. The van der Waals surface area contributed by atoms with E-state index in [2.05, 4.69) is 0 Å². The van der Waals surface area contributed by atoms with E-state index in [4.69, 9.17) is 11.5 Å². The SMILES string of the molecule is C[C@@H](N)[C@H](O)c1cc(F)c(N)c(F)c1. The van der Waals surface area contributed by atoms with Gasteiger partial charge in [0.2, 0.25) is 0 Å². The van der Waals surface area contributed by atoms with Crippen molar-refractivity contribution in [2.24, 2.45) is 5.73 Å².